The molecule has 24 heavy (non-hydrogen) atoms. The van der Waals surface area contributed by atoms with Crippen LogP contribution in [0, 0.1) is 0 Å². The van der Waals surface area contributed by atoms with Crippen molar-refractivity contribution in [2.24, 2.45) is 0 Å². The number of aromatic nitrogens is 3. The summed E-state index contributed by atoms with van der Waals surface area (Å²) in [7, 11) is 4.53. The Morgan fingerprint density at radius 2 is 1.88 bits per heavy atom. The largest absolute Gasteiger partial charge is 0.496 e. The first-order valence-corrected chi connectivity index (χ1v) is 7.41. The van der Waals surface area contributed by atoms with Gasteiger partial charge in [-0.1, -0.05) is 6.07 Å². The fraction of sp³-hybridized carbons (Fsp3) is 0.375. The van der Waals surface area contributed by atoms with Crippen LogP contribution in [-0.4, -0.2) is 49.0 Å². The molecular weight excluding hydrogens is 312 g/mol. The molecule has 0 aliphatic rings. The summed E-state index contributed by atoms with van der Waals surface area (Å²) < 4.78 is 15.4. The molecule has 8 heteroatoms. The van der Waals surface area contributed by atoms with E-state index in [-0.39, 0.29) is 5.97 Å². The maximum atomic E-state index is 11.1. The van der Waals surface area contributed by atoms with Crippen molar-refractivity contribution in [3.63, 3.8) is 0 Å². The summed E-state index contributed by atoms with van der Waals surface area (Å²) in [5.41, 5.74) is 1.28. The van der Waals surface area contributed by atoms with Crippen molar-refractivity contribution in [3.8, 4) is 22.8 Å². The minimum absolute atomic E-state index is 0.247. The van der Waals surface area contributed by atoms with E-state index < -0.39 is 0 Å². The molecule has 8 nitrogen and oxygen atoms in total. The third kappa shape index (κ3) is 4.31. The number of anilines is 1. The topological polar surface area (TPSA) is 95.5 Å². The number of hydrogen-bond donors (Lipinski definition) is 1. The molecule has 0 saturated heterocycles. The van der Waals surface area contributed by atoms with Crippen molar-refractivity contribution in [3.05, 3.63) is 24.4 Å². The summed E-state index contributed by atoms with van der Waals surface area (Å²) >= 11 is 0. The zero-order valence-electron chi connectivity index (χ0n) is 13.9. The van der Waals surface area contributed by atoms with Crippen LogP contribution in [0.15, 0.2) is 24.4 Å². The van der Waals surface area contributed by atoms with Gasteiger partial charge < -0.3 is 19.5 Å². The molecule has 0 saturated carbocycles. The summed E-state index contributed by atoms with van der Waals surface area (Å²) in [5.74, 6) is 1.38. The Bertz CT molecular complexity index is 671. The third-order valence-corrected chi connectivity index (χ3v) is 3.31. The summed E-state index contributed by atoms with van der Waals surface area (Å²) in [4.78, 5) is 15.5. The molecule has 1 aromatic carbocycles. The van der Waals surface area contributed by atoms with E-state index in [0.29, 0.717) is 48.1 Å². The van der Waals surface area contributed by atoms with E-state index >= 15 is 0 Å². The second kappa shape index (κ2) is 8.66. The fourth-order valence-corrected chi connectivity index (χ4v) is 2.14. The summed E-state index contributed by atoms with van der Waals surface area (Å²) in [5, 5.41) is 10.9. The van der Waals surface area contributed by atoms with Crippen LogP contribution in [0.4, 0.5) is 5.95 Å². The van der Waals surface area contributed by atoms with Crippen molar-refractivity contribution in [2.75, 3.05) is 33.2 Å². The number of hydrogen-bond acceptors (Lipinski definition) is 8. The highest BCUT2D eigenvalue weighted by Gasteiger charge is 2.15. The predicted molar refractivity (Wildman–Crippen MR) is 88.1 cm³/mol. The molecule has 1 N–H and O–H groups in total. The standard InChI is InChI=1S/C16H20N4O4/c1-22-12-6-4-7-13(23-2)15(12)11-10-18-20-16(19-11)17-9-5-8-14(21)24-3/h4,6-7,10H,5,8-9H2,1-3H3,(H,17,19,20). The van der Waals surface area contributed by atoms with Crippen molar-refractivity contribution < 1.29 is 19.0 Å². The van der Waals surface area contributed by atoms with E-state index in [1.165, 1.54) is 7.11 Å². The quantitative estimate of drug-likeness (QED) is 0.578. The van der Waals surface area contributed by atoms with Crippen LogP contribution in [0.1, 0.15) is 12.8 Å². The highest BCUT2D eigenvalue weighted by Crippen LogP contribution is 2.36. The molecule has 0 amide bonds. The van der Waals surface area contributed by atoms with Crippen LogP contribution >= 0.6 is 0 Å². The maximum Gasteiger partial charge on any atom is 0.305 e. The van der Waals surface area contributed by atoms with Gasteiger partial charge in [0.1, 0.15) is 17.2 Å². The number of rotatable bonds is 8. The Morgan fingerprint density at radius 3 is 2.50 bits per heavy atom. The second-order valence-corrected chi connectivity index (χ2v) is 4.81. The number of nitrogens with one attached hydrogen (secondary N) is 1. The number of carbonyl (C=O) groups is 1. The van der Waals surface area contributed by atoms with Gasteiger partial charge in [0, 0.05) is 13.0 Å². The molecule has 0 aliphatic carbocycles. The number of esters is 1. The molecule has 1 heterocycles. The lowest BCUT2D eigenvalue weighted by atomic mass is 10.1. The monoisotopic (exact) mass is 332 g/mol. The minimum Gasteiger partial charge on any atom is -0.496 e. The van der Waals surface area contributed by atoms with Gasteiger partial charge >= 0.3 is 5.97 Å². The number of nitrogens with zero attached hydrogens (tertiary/aromatic N) is 3. The van der Waals surface area contributed by atoms with E-state index in [1.807, 2.05) is 18.2 Å². The average Bonchev–Trinajstić information content (AvgIpc) is 2.64. The molecular formula is C16H20N4O4. The van der Waals surface area contributed by atoms with Crippen molar-refractivity contribution in [1.82, 2.24) is 15.2 Å². The van der Waals surface area contributed by atoms with Gasteiger partial charge in [-0.25, -0.2) is 4.98 Å². The molecule has 2 rings (SSSR count). The number of ether oxygens (including phenoxy) is 3. The van der Waals surface area contributed by atoms with Crippen molar-refractivity contribution in [1.29, 1.82) is 0 Å². The number of methoxy groups -OCH3 is 3. The van der Waals surface area contributed by atoms with Crippen LogP contribution in [0.5, 0.6) is 11.5 Å². The molecule has 0 aliphatic heterocycles. The molecule has 0 unspecified atom stereocenters. The van der Waals surface area contributed by atoms with E-state index in [0.717, 1.165) is 0 Å². The molecule has 0 bridgehead atoms. The molecule has 0 atom stereocenters. The third-order valence-electron chi connectivity index (χ3n) is 3.31. The fourth-order valence-electron chi connectivity index (χ4n) is 2.14. The lowest BCUT2D eigenvalue weighted by molar-refractivity contribution is -0.140. The van der Waals surface area contributed by atoms with Gasteiger partial charge in [0.2, 0.25) is 5.95 Å². The van der Waals surface area contributed by atoms with Crippen LogP contribution in [0.25, 0.3) is 11.3 Å². The van der Waals surface area contributed by atoms with Gasteiger partial charge in [0.05, 0.1) is 33.1 Å². The zero-order chi connectivity index (χ0) is 17.4. The summed E-state index contributed by atoms with van der Waals surface area (Å²) in [6, 6.07) is 5.48. The summed E-state index contributed by atoms with van der Waals surface area (Å²) in [6.45, 7) is 0.531. The van der Waals surface area contributed by atoms with Gasteiger partial charge in [-0.2, -0.15) is 5.10 Å². The number of carbonyl (C=O) groups excluding carboxylic acids is 1. The zero-order valence-corrected chi connectivity index (χ0v) is 13.9. The highest BCUT2D eigenvalue weighted by molar-refractivity contribution is 5.74. The van der Waals surface area contributed by atoms with Gasteiger partial charge in [0.15, 0.2) is 0 Å². The van der Waals surface area contributed by atoms with Crippen LogP contribution < -0.4 is 14.8 Å². The highest BCUT2D eigenvalue weighted by atomic mass is 16.5. The van der Waals surface area contributed by atoms with E-state index in [4.69, 9.17) is 9.47 Å². The molecule has 1 aromatic heterocycles. The summed E-state index contributed by atoms with van der Waals surface area (Å²) in [6.07, 6.45) is 2.48. The first-order chi connectivity index (χ1) is 11.7. The molecule has 128 valence electrons. The molecule has 0 radical (unpaired) electrons. The second-order valence-electron chi connectivity index (χ2n) is 4.81. The molecule has 0 fully saturated rings. The Kier molecular flexibility index (Phi) is 6.30. The Labute approximate surface area is 140 Å². The lowest BCUT2D eigenvalue weighted by Gasteiger charge is -2.12. The number of benzene rings is 1. The average molecular weight is 332 g/mol. The van der Waals surface area contributed by atoms with E-state index in [9.17, 15) is 4.79 Å². The first-order valence-electron chi connectivity index (χ1n) is 7.41. The van der Waals surface area contributed by atoms with Crippen molar-refractivity contribution >= 4 is 11.9 Å². The van der Waals surface area contributed by atoms with Crippen LogP contribution in [0.3, 0.4) is 0 Å². The maximum absolute atomic E-state index is 11.1. The Hall–Kier alpha value is -2.90. The SMILES string of the molecule is COC(=O)CCCNc1nncc(-c2c(OC)cccc2OC)n1. The molecule has 0 spiro atoms. The Balaban J connectivity index is 2.15. The minimum atomic E-state index is -0.247. The Morgan fingerprint density at radius 1 is 1.17 bits per heavy atom. The van der Waals surface area contributed by atoms with Crippen molar-refractivity contribution in [2.45, 2.75) is 12.8 Å². The molecule has 2 aromatic rings. The van der Waals surface area contributed by atoms with E-state index in [2.05, 4.69) is 25.2 Å². The predicted octanol–water partition coefficient (Wildman–Crippen LogP) is 1.92. The van der Waals surface area contributed by atoms with Gasteiger partial charge in [-0.05, 0) is 18.6 Å². The van der Waals surface area contributed by atoms with Crippen LogP contribution in [0.2, 0.25) is 0 Å². The van der Waals surface area contributed by atoms with Gasteiger partial charge in [-0.3, -0.25) is 4.79 Å². The normalized spacial score (nSPS) is 10.1. The van der Waals surface area contributed by atoms with E-state index in [1.54, 1.807) is 20.4 Å². The van der Waals surface area contributed by atoms with Gasteiger partial charge in [-0.15, -0.1) is 5.10 Å². The lowest BCUT2D eigenvalue weighted by Crippen LogP contribution is -2.09. The smallest absolute Gasteiger partial charge is 0.305 e. The van der Waals surface area contributed by atoms with Crippen LogP contribution in [-0.2, 0) is 9.53 Å². The van der Waals surface area contributed by atoms with Gasteiger partial charge in [0.25, 0.3) is 0 Å². The first kappa shape index (κ1) is 17.5.